The van der Waals surface area contributed by atoms with Crippen LogP contribution in [0.15, 0.2) is 30.5 Å². The number of aryl methyl sites for hydroxylation is 1. The van der Waals surface area contributed by atoms with E-state index in [0.717, 1.165) is 0 Å². The van der Waals surface area contributed by atoms with E-state index in [1.165, 1.54) is 12.1 Å². The van der Waals surface area contributed by atoms with Gasteiger partial charge in [-0.1, -0.05) is 11.6 Å². The van der Waals surface area contributed by atoms with Crippen LogP contribution < -0.4 is 0 Å². The minimum Gasteiger partial charge on any atom is -0.242 e. The highest BCUT2D eigenvalue weighted by Crippen LogP contribution is 2.23. The van der Waals surface area contributed by atoms with Crippen molar-refractivity contribution in [2.45, 2.75) is 6.92 Å². The van der Waals surface area contributed by atoms with Gasteiger partial charge in [0.25, 0.3) is 0 Å². The molecule has 0 bridgehead atoms. The Morgan fingerprint density at radius 3 is 2.80 bits per heavy atom. The lowest BCUT2D eigenvalue weighted by Crippen LogP contribution is -1.92. The lowest BCUT2D eigenvalue weighted by atomic mass is 10.1. The second-order valence-electron chi connectivity index (χ2n) is 3.11. The fourth-order valence-electron chi connectivity index (χ4n) is 1.30. The molecule has 2 rings (SSSR count). The molecule has 0 unspecified atom stereocenters. The number of nitrogens with zero attached hydrogens (tertiary/aromatic N) is 2. The van der Waals surface area contributed by atoms with Gasteiger partial charge in [-0.25, -0.2) is 14.4 Å². The molecule has 0 spiro atoms. The minimum atomic E-state index is -0.336. The Morgan fingerprint density at radius 2 is 2.07 bits per heavy atom. The van der Waals surface area contributed by atoms with Crippen molar-refractivity contribution < 1.29 is 4.39 Å². The molecule has 2 nitrogen and oxygen atoms in total. The van der Waals surface area contributed by atoms with E-state index in [4.69, 9.17) is 11.6 Å². The minimum absolute atomic E-state index is 0.336. The molecule has 0 N–H and O–H groups in total. The summed E-state index contributed by atoms with van der Waals surface area (Å²) in [4.78, 5) is 8.09. The number of rotatable bonds is 1. The highest BCUT2D eigenvalue weighted by molar-refractivity contribution is 6.30. The summed E-state index contributed by atoms with van der Waals surface area (Å²) < 4.78 is 13.5. The van der Waals surface area contributed by atoms with Crippen LogP contribution in [0, 0.1) is 12.7 Å². The van der Waals surface area contributed by atoms with Gasteiger partial charge in [0.1, 0.15) is 11.6 Å². The van der Waals surface area contributed by atoms with Crippen LogP contribution in [0.25, 0.3) is 11.3 Å². The molecule has 4 heteroatoms. The Labute approximate surface area is 91.8 Å². The maximum Gasteiger partial charge on any atom is 0.132 e. The summed E-state index contributed by atoms with van der Waals surface area (Å²) in [5.74, 6) is 0.268. The molecule has 15 heavy (non-hydrogen) atoms. The van der Waals surface area contributed by atoms with Crippen molar-refractivity contribution in [3.8, 4) is 11.3 Å². The smallest absolute Gasteiger partial charge is 0.132 e. The Morgan fingerprint density at radius 1 is 1.27 bits per heavy atom. The SMILES string of the molecule is Cc1nccc(-c2cc(Cl)ccc2F)n1. The highest BCUT2D eigenvalue weighted by atomic mass is 35.5. The fourth-order valence-corrected chi connectivity index (χ4v) is 1.47. The molecular weight excluding hydrogens is 215 g/mol. The lowest BCUT2D eigenvalue weighted by molar-refractivity contribution is 0.630. The molecule has 0 saturated carbocycles. The van der Waals surface area contributed by atoms with E-state index in [9.17, 15) is 4.39 Å². The maximum atomic E-state index is 13.5. The Bertz CT molecular complexity index is 500. The van der Waals surface area contributed by atoms with Crippen LogP contribution in [-0.2, 0) is 0 Å². The van der Waals surface area contributed by atoms with Crippen LogP contribution in [-0.4, -0.2) is 9.97 Å². The normalized spacial score (nSPS) is 10.3. The van der Waals surface area contributed by atoms with E-state index in [0.29, 0.717) is 22.1 Å². The van der Waals surface area contributed by atoms with Crippen molar-refractivity contribution in [2.75, 3.05) is 0 Å². The average Bonchev–Trinajstić information content (AvgIpc) is 2.22. The predicted molar refractivity (Wildman–Crippen MR) is 57.2 cm³/mol. The first-order chi connectivity index (χ1) is 7.16. The molecule has 0 aliphatic rings. The first-order valence-electron chi connectivity index (χ1n) is 4.42. The first kappa shape index (κ1) is 10.1. The third-order valence-corrected chi connectivity index (χ3v) is 2.22. The molecule has 76 valence electrons. The quantitative estimate of drug-likeness (QED) is 0.740. The second-order valence-corrected chi connectivity index (χ2v) is 3.55. The van der Waals surface area contributed by atoms with Crippen molar-refractivity contribution in [2.24, 2.45) is 0 Å². The number of halogens is 2. The molecule has 0 fully saturated rings. The van der Waals surface area contributed by atoms with Crippen LogP contribution >= 0.6 is 11.6 Å². The maximum absolute atomic E-state index is 13.5. The standard InChI is InChI=1S/C11H8ClFN2/c1-7-14-5-4-11(15-7)9-6-8(12)2-3-10(9)13/h2-6H,1H3. The molecule has 0 aliphatic carbocycles. The molecular formula is C11H8ClFN2. The van der Waals surface area contributed by atoms with E-state index >= 15 is 0 Å². The lowest BCUT2D eigenvalue weighted by Gasteiger charge is -2.03. The zero-order chi connectivity index (χ0) is 10.8. The van der Waals surface area contributed by atoms with Gasteiger partial charge < -0.3 is 0 Å². The molecule has 0 radical (unpaired) electrons. The van der Waals surface area contributed by atoms with Crippen LogP contribution in [0.5, 0.6) is 0 Å². The Balaban J connectivity index is 2.58. The number of hydrogen-bond acceptors (Lipinski definition) is 2. The molecule has 0 atom stereocenters. The zero-order valence-electron chi connectivity index (χ0n) is 8.04. The van der Waals surface area contributed by atoms with Gasteiger partial charge in [0, 0.05) is 16.8 Å². The molecule has 2 aromatic rings. The Hall–Kier alpha value is -1.48. The van der Waals surface area contributed by atoms with Gasteiger partial charge in [-0.15, -0.1) is 0 Å². The summed E-state index contributed by atoms with van der Waals surface area (Å²) in [5.41, 5.74) is 0.940. The van der Waals surface area contributed by atoms with E-state index in [2.05, 4.69) is 9.97 Å². The third-order valence-electron chi connectivity index (χ3n) is 1.98. The Kier molecular flexibility index (Phi) is 2.64. The molecule has 0 aliphatic heterocycles. The van der Waals surface area contributed by atoms with E-state index in [1.54, 1.807) is 25.3 Å². The largest absolute Gasteiger partial charge is 0.242 e. The van der Waals surface area contributed by atoms with Gasteiger partial charge >= 0.3 is 0 Å². The predicted octanol–water partition coefficient (Wildman–Crippen LogP) is 3.24. The van der Waals surface area contributed by atoms with Gasteiger partial charge in [0.2, 0.25) is 0 Å². The molecule has 0 saturated heterocycles. The summed E-state index contributed by atoms with van der Waals surface area (Å²) in [6.45, 7) is 1.76. The fraction of sp³-hybridized carbons (Fsp3) is 0.0909. The molecule has 0 amide bonds. The molecule has 1 aromatic carbocycles. The van der Waals surface area contributed by atoms with Gasteiger partial charge in [-0.2, -0.15) is 0 Å². The zero-order valence-corrected chi connectivity index (χ0v) is 8.79. The van der Waals surface area contributed by atoms with E-state index in [1.807, 2.05) is 0 Å². The topological polar surface area (TPSA) is 25.8 Å². The van der Waals surface area contributed by atoms with Gasteiger partial charge in [0.15, 0.2) is 0 Å². The third kappa shape index (κ3) is 2.13. The van der Waals surface area contributed by atoms with Gasteiger partial charge in [-0.05, 0) is 31.2 Å². The number of benzene rings is 1. The van der Waals surface area contributed by atoms with Crippen LogP contribution in [0.1, 0.15) is 5.82 Å². The van der Waals surface area contributed by atoms with Crippen molar-refractivity contribution >= 4 is 11.6 Å². The van der Waals surface area contributed by atoms with Crippen molar-refractivity contribution in [3.63, 3.8) is 0 Å². The van der Waals surface area contributed by atoms with Crippen molar-refractivity contribution in [1.82, 2.24) is 9.97 Å². The molecule has 1 heterocycles. The summed E-state index contributed by atoms with van der Waals surface area (Å²) in [6.07, 6.45) is 1.60. The molecule has 1 aromatic heterocycles. The number of hydrogen-bond donors (Lipinski definition) is 0. The van der Waals surface area contributed by atoms with Crippen molar-refractivity contribution in [1.29, 1.82) is 0 Å². The highest BCUT2D eigenvalue weighted by Gasteiger charge is 2.07. The van der Waals surface area contributed by atoms with Crippen LogP contribution in [0.3, 0.4) is 0 Å². The summed E-state index contributed by atoms with van der Waals surface area (Å²) in [5, 5.41) is 0.489. The van der Waals surface area contributed by atoms with E-state index < -0.39 is 0 Å². The summed E-state index contributed by atoms with van der Waals surface area (Å²) in [6, 6.07) is 6.05. The van der Waals surface area contributed by atoms with Crippen molar-refractivity contribution in [3.05, 3.63) is 47.1 Å². The van der Waals surface area contributed by atoms with Crippen LogP contribution in [0.4, 0.5) is 4.39 Å². The first-order valence-corrected chi connectivity index (χ1v) is 4.79. The van der Waals surface area contributed by atoms with E-state index in [-0.39, 0.29) is 5.82 Å². The summed E-state index contributed by atoms with van der Waals surface area (Å²) in [7, 11) is 0. The number of aromatic nitrogens is 2. The van der Waals surface area contributed by atoms with Gasteiger partial charge in [0.05, 0.1) is 5.69 Å². The monoisotopic (exact) mass is 222 g/mol. The van der Waals surface area contributed by atoms with Gasteiger partial charge in [-0.3, -0.25) is 0 Å². The van der Waals surface area contributed by atoms with Crippen LogP contribution in [0.2, 0.25) is 5.02 Å². The average molecular weight is 223 g/mol. The second kappa shape index (κ2) is 3.95. The summed E-state index contributed by atoms with van der Waals surface area (Å²) >= 11 is 5.80.